The summed E-state index contributed by atoms with van der Waals surface area (Å²) in [4.78, 5) is 3.01. The lowest BCUT2D eigenvalue weighted by molar-refractivity contribution is 0.577. The molecule has 0 N–H and O–H groups in total. The van der Waals surface area contributed by atoms with Crippen molar-refractivity contribution in [1.82, 2.24) is 40.2 Å². The molecule has 2 aromatic carbocycles. The van der Waals surface area contributed by atoms with Gasteiger partial charge in [-0.2, -0.15) is 19.8 Å². The van der Waals surface area contributed by atoms with Gasteiger partial charge in [0, 0.05) is 0 Å². The minimum Gasteiger partial charge on any atom is -0.413 e. The van der Waals surface area contributed by atoms with Crippen molar-refractivity contribution in [2.45, 2.75) is 0 Å². The predicted octanol–water partition coefficient (Wildman–Crippen LogP) is 2.57. The number of benzene rings is 2. The molecule has 0 saturated carbocycles. The van der Waals surface area contributed by atoms with Crippen LogP contribution in [0.4, 0.5) is 0 Å². The fraction of sp³-hybridized carbons (Fsp3) is 0. The van der Waals surface area contributed by atoms with Gasteiger partial charge in [-0.3, -0.25) is 0 Å². The zero-order valence-electron chi connectivity index (χ0n) is 13.9. The topological polar surface area (TPSA) is 100 Å². The van der Waals surface area contributed by atoms with Crippen molar-refractivity contribution in [3.8, 4) is 34.5 Å². The summed E-state index contributed by atoms with van der Waals surface area (Å²) in [5, 5.41) is 25.3. The SMILES string of the molecule is c1ccc(-n2ncc(-c3nnc(-c4cnn(-c5ccccc5)n4)o3)n2)cc1. The summed E-state index contributed by atoms with van der Waals surface area (Å²) in [7, 11) is 0. The van der Waals surface area contributed by atoms with E-state index in [2.05, 4.69) is 30.6 Å². The third-order valence-electron chi connectivity index (χ3n) is 3.82. The molecule has 3 aromatic heterocycles. The maximum atomic E-state index is 5.70. The highest BCUT2D eigenvalue weighted by Crippen LogP contribution is 2.21. The second kappa shape index (κ2) is 6.30. The van der Waals surface area contributed by atoms with Crippen LogP contribution in [0.1, 0.15) is 0 Å². The quantitative estimate of drug-likeness (QED) is 0.488. The highest BCUT2D eigenvalue weighted by atomic mass is 16.4. The van der Waals surface area contributed by atoms with E-state index in [1.54, 1.807) is 12.4 Å². The van der Waals surface area contributed by atoms with Crippen LogP contribution in [-0.2, 0) is 0 Å². The average Bonchev–Trinajstić information content (AvgIpc) is 3.49. The van der Waals surface area contributed by atoms with Crippen LogP contribution in [-0.4, -0.2) is 40.2 Å². The molecule has 5 rings (SSSR count). The Kier molecular flexibility index (Phi) is 3.53. The predicted molar refractivity (Wildman–Crippen MR) is 95.0 cm³/mol. The van der Waals surface area contributed by atoms with Crippen molar-refractivity contribution in [2.75, 3.05) is 0 Å². The number of hydrogen-bond acceptors (Lipinski definition) is 7. The fourth-order valence-electron chi connectivity index (χ4n) is 2.52. The summed E-state index contributed by atoms with van der Waals surface area (Å²) in [5.74, 6) is 0.530. The lowest BCUT2D eigenvalue weighted by Gasteiger charge is -1.96. The van der Waals surface area contributed by atoms with Crippen LogP contribution in [0, 0.1) is 0 Å². The first-order valence-corrected chi connectivity index (χ1v) is 8.17. The van der Waals surface area contributed by atoms with E-state index in [1.807, 2.05) is 60.7 Å². The van der Waals surface area contributed by atoms with Gasteiger partial charge in [0.25, 0.3) is 11.8 Å². The summed E-state index contributed by atoms with van der Waals surface area (Å²) in [6.07, 6.45) is 3.15. The third kappa shape index (κ3) is 2.86. The second-order valence-electron chi connectivity index (χ2n) is 5.62. The van der Waals surface area contributed by atoms with Gasteiger partial charge in [0.1, 0.15) is 0 Å². The Morgan fingerprint density at radius 1 is 0.593 bits per heavy atom. The molecular weight excluding hydrogens is 344 g/mol. The van der Waals surface area contributed by atoms with Gasteiger partial charge < -0.3 is 4.42 Å². The van der Waals surface area contributed by atoms with Crippen molar-refractivity contribution in [1.29, 1.82) is 0 Å². The minimum absolute atomic E-state index is 0.265. The normalized spacial score (nSPS) is 11.0. The second-order valence-corrected chi connectivity index (χ2v) is 5.62. The number of nitrogens with zero attached hydrogens (tertiary/aromatic N) is 8. The standard InChI is InChI=1S/C18H12N8O/c1-3-7-13(8-4-1)25-19-11-15(23-25)17-21-22-18(27-17)16-12-20-26(24-16)14-9-5-2-6-10-14/h1-12H. The number of hydrogen-bond donors (Lipinski definition) is 0. The molecule has 5 aromatic rings. The van der Waals surface area contributed by atoms with Crippen molar-refractivity contribution in [3.05, 3.63) is 73.1 Å². The van der Waals surface area contributed by atoms with Crippen LogP contribution >= 0.6 is 0 Å². The molecule has 3 heterocycles. The Bertz CT molecular complexity index is 1080. The van der Waals surface area contributed by atoms with Crippen molar-refractivity contribution >= 4 is 0 Å². The molecule has 9 nitrogen and oxygen atoms in total. The van der Waals surface area contributed by atoms with Gasteiger partial charge >= 0.3 is 0 Å². The number of rotatable bonds is 4. The Hall–Kier alpha value is -4.14. The van der Waals surface area contributed by atoms with Gasteiger partial charge in [-0.05, 0) is 24.3 Å². The molecular formula is C18H12N8O. The van der Waals surface area contributed by atoms with Crippen LogP contribution in [0.2, 0.25) is 0 Å². The molecule has 0 unspecified atom stereocenters. The van der Waals surface area contributed by atoms with E-state index in [4.69, 9.17) is 4.42 Å². The van der Waals surface area contributed by atoms with E-state index < -0.39 is 0 Å². The average molecular weight is 356 g/mol. The fourth-order valence-corrected chi connectivity index (χ4v) is 2.52. The maximum Gasteiger partial charge on any atom is 0.270 e. The summed E-state index contributed by atoms with van der Waals surface area (Å²) in [6.45, 7) is 0. The Labute approximate surface area is 152 Å². The molecule has 0 fully saturated rings. The van der Waals surface area contributed by atoms with Gasteiger partial charge in [-0.15, -0.1) is 20.4 Å². The summed E-state index contributed by atoms with van der Waals surface area (Å²) in [6, 6.07) is 19.2. The monoisotopic (exact) mass is 356 g/mol. The first-order valence-electron chi connectivity index (χ1n) is 8.17. The van der Waals surface area contributed by atoms with Crippen LogP contribution in [0.3, 0.4) is 0 Å². The van der Waals surface area contributed by atoms with E-state index in [-0.39, 0.29) is 11.8 Å². The molecule has 0 atom stereocenters. The summed E-state index contributed by atoms with van der Waals surface area (Å²) < 4.78 is 5.70. The minimum atomic E-state index is 0.265. The van der Waals surface area contributed by atoms with Gasteiger partial charge in [0.05, 0.1) is 23.8 Å². The molecule has 0 saturated heterocycles. The van der Waals surface area contributed by atoms with Gasteiger partial charge in [0.15, 0.2) is 11.4 Å². The molecule has 27 heavy (non-hydrogen) atoms. The molecule has 130 valence electrons. The zero-order valence-corrected chi connectivity index (χ0v) is 13.9. The molecule has 0 aliphatic rings. The summed E-state index contributed by atoms with van der Waals surface area (Å²) >= 11 is 0. The Morgan fingerprint density at radius 2 is 1.04 bits per heavy atom. The van der Waals surface area contributed by atoms with Gasteiger partial charge in [0.2, 0.25) is 0 Å². The largest absolute Gasteiger partial charge is 0.413 e. The molecule has 0 radical (unpaired) electrons. The van der Waals surface area contributed by atoms with E-state index >= 15 is 0 Å². The van der Waals surface area contributed by atoms with E-state index in [0.29, 0.717) is 11.4 Å². The molecule has 0 aliphatic carbocycles. The van der Waals surface area contributed by atoms with Crippen molar-refractivity contribution in [3.63, 3.8) is 0 Å². The smallest absolute Gasteiger partial charge is 0.270 e. The van der Waals surface area contributed by atoms with Crippen molar-refractivity contribution in [2.24, 2.45) is 0 Å². The lowest BCUT2D eigenvalue weighted by Crippen LogP contribution is -1.97. The van der Waals surface area contributed by atoms with Crippen LogP contribution in [0.15, 0.2) is 77.5 Å². The molecule has 0 spiro atoms. The molecule has 0 aliphatic heterocycles. The highest BCUT2D eigenvalue weighted by molar-refractivity contribution is 5.50. The van der Waals surface area contributed by atoms with Crippen molar-refractivity contribution < 1.29 is 4.42 Å². The molecule has 0 amide bonds. The number of aromatic nitrogens is 8. The molecule has 0 bridgehead atoms. The maximum absolute atomic E-state index is 5.70. The Morgan fingerprint density at radius 3 is 1.48 bits per heavy atom. The zero-order chi connectivity index (χ0) is 18.1. The lowest BCUT2D eigenvalue weighted by atomic mass is 10.3. The number of para-hydroxylation sites is 2. The summed E-state index contributed by atoms with van der Waals surface area (Å²) in [5.41, 5.74) is 2.64. The third-order valence-corrected chi connectivity index (χ3v) is 3.82. The van der Waals surface area contributed by atoms with Crippen LogP contribution in [0.5, 0.6) is 0 Å². The van der Waals surface area contributed by atoms with E-state index in [0.717, 1.165) is 11.4 Å². The first kappa shape index (κ1) is 15.1. The Balaban J connectivity index is 1.42. The highest BCUT2D eigenvalue weighted by Gasteiger charge is 2.16. The van der Waals surface area contributed by atoms with Gasteiger partial charge in [-0.1, -0.05) is 36.4 Å². The molecule has 9 heteroatoms. The van der Waals surface area contributed by atoms with Gasteiger partial charge in [-0.25, -0.2) is 0 Å². The first-order chi connectivity index (χ1) is 13.4. The van der Waals surface area contributed by atoms with Crippen LogP contribution in [0.25, 0.3) is 34.5 Å². The van der Waals surface area contributed by atoms with Crippen LogP contribution < -0.4 is 0 Å². The van der Waals surface area contributed by atoms with E-state index in [9.17, 15) is 0 Å². The van der Waals surface area contributed by atoms with E-state index in [1.165, 1.54) is 9.59 Å².